The fourth-order valence-electron chi connectivity index (χ4n) is 1.90. The van der Waals surface area contributed by atoms with E-state index in [1.165, 1.54) is 0 Å². The van der Waals surface area contributed by atoms with Gasteiger partial charge in [0.05, 0.1) is 24.5 Å². The van der Waals surface area contributed by atoms with Gasteiger partial charge in [-0.15, -0.1) is 0 Å². The van der Waals surface area contributed by atoms with Crippen molar-refractivity contribution >= 4 is 21.6 Å². The van der Waals surface area contributed by atoms with Crippen LogP contribution in [0.25, 0.3) is 0 Å². The first-order chi connectivity index (χ1) is 8.72. The van der Waals surface area contributed by atoms with Gasteiger partial charge in [-0.3, -0.25) is 4.98 Å². The molecule has 2 rings (SSSR count). The highest BCUT2D eigenvalue weighted by Crippen LogP contribution is 2.26. The summed E-state index contributed by atoms with van der Waals surface area (Å²) >= 11 is 3.41. The molecule has 0 spiro atoms. The van der Waals surface area contributed by atoms with Gasteiger partial charge in [0.25, 0.3) is 0 Å². The maximum Gasteiger partial charge on any atom is 0.0770 e. The van der Waals surface area contributed by atoms with Crippen molar-refractivity contribution in [3.05, 3.63) is 58.8 Å². The minimum Gasteiger partial charge on any atom is -0.394 e. The Morgan fingerprint density at radius 1 is 1.28 bits per heavy atom. The summed E-state index contributed by atoms with van der Waals surface area (Å²) in [7, 11) is 1.96. The van der Waals surface area contributed by atoms with E-state index in [2.05, 4.69) is 20.9 Å². The van der Waals surface area contributed by atoms with Crippen molar-refractivity contribution < 1.29 is 5.11 Å². The molecule has 3 nitrogen and oxygen atoms in total. The van der Waals surface area contributed by atoms with Crippen molar-refractivity contribution in [3.8, 4) is 0 Å². The summed E-state index contributed by atoms with van der Waals surface area (Å²) < 4.78 is 0.927. The highest BCUT2D eigenvalue weighted by atomic mass is 79.9. The zero-order chi connectivity index (χ0) is 13.0. The third kappa shape index (κ3) is 2.89. The van der Waals surface area contributed by atoms with E-state index in [-0.39, 0.29) is 12.6 Å². The predicted molar refractivity (Wildman–Crippen MR) is 76.6 cm³/mol. The Kier molecular flexibility index (Phi) is 4.33. The Balaban J connectivity index is 2.28. The van der Waals surface area contributed by atoms with Crippen LogP contribution in [-0.2, 0) is 0 Å². The molecule has 0 saturated heterocycles. The molecule has 1 atom stereocenters. The molecule has 0 amide bonds. The average molecular weight is 307 g/mol. The fraction of sp³-hybridized carbons (Fsp3) is 0.214. The SMILES string of the molecule is CN(c1cncc(Br)c1)[C@@H](CO)c1ccccc1. The first-order valence-electron chi connectivity index (χ1n) is 5.71. The zero-order valence-corrected chi connectivity index (χ0v) is 11.7. The van der Waals surface area contributed by atoms with Crippen LogP contribution in [0.1, 0.15) is 11.6 Å². The van der Waals surface area contributed by atoms with Crippen LogP contribution in [-0.4, -0.2) is 23.7 Å². The van der Waals surface area contributed by atoms with Crippen LogP contribution in [0.5, 0.6) is 0 Å². The minimum atomic E-state index is -0.0673. The van der Waals surface area contributed by atoms with Gasteiger partial charge in [-0.2, -0.15) is 0 Å². The number of hydrogen-bond donors (Lipinski definition) is 1. The maximum absolute atomic E-state index is 9.61. The third-order valence-corrected chi connectivity index (χ3v) is 3.36. The highest BCUT2D eigenvalue weighted by molar-refractivity contribution is 9.10. The summed E-state index contributed by atoms with van der Waals surface area (Å²) in [6, 6.07) is 11.9. The van der Waals surface area contributed by atoms with Crippen LogP contribution in [0.3, 0.4) is 0 Å². The summed E-state index contributed by atoms with van der Waals surface area (Å²) in [5.41, 5.74) is 2.05. The van der Waals surface area contributed by atoms with E-state index in [1.807, 2.05) is 48.3 Å². The monoisotopic (exact) mass is 306 g/mol. The zero-order valence-electron chi connectivity index (χ0n) is 10.1. The molecule has 0 bridgehead atoms. The van der Waals surface area contributed by atoms with Gasteiger partial charge in [-0.05, 0) is 27.6 Å². The lowest BCUT2D eigenvalue weighted by molar-refractivity contribution is 0.264. The fourth-order valence-corrected chi connectivity index (χ4v) is 2.25. The number of nitrogens with zero attached hydrogens (tertiary/aromatic N) is 2. The topological polar surface area (TPSA) is 36.4 Å². The molecule has 1 aromatic heterocycles. The Hall–Kier alpha value is -1.39. The van der Waals surface area contributed by atoms with Crippen LogP contribution in [0.4, 0.5) is 5.69 Å². The molecular weight excluding hydrogens is 292 g/mol. The second-order valence-corrected chi connectivity index (χ2v) is 5.00. The number of anilines is 1. The molecule has 1 N–H and O–H groups in total. The molecule has 94 valence electrons. The van der Waals surface area contributed by atoms with Crippen molar-refractivity contribution in [2.45, 2.75) is 6.04 Å². The van der Waals surface area contributed by atoms with Gasteiger partial charge >= 0.3 is 0 Å². The minimum absolute atomic E-state index is 0.0625. The molecule has 4 heteroatoms. The molecule has 2 aromatic rings. The number of benzene rings is 1. The first kappa shape index (κ1) is 13.1. The van der Waals surface area contributed by atoms with Crippen molar-refractivity contribution in [2.24, 2.45) is 0 Å². The number of likely N-dealkylation sites (N-methyl/N-ethyl adjacent to an activating group) is 1. The van der Waals surface area contributed by atoms with E-state index in [1.54, 1.807) is 12.4 Å². The van der Waals surface area contributed by atoms with Gasteiger partial charge in [0.1, 0.15) is 0 Å². The molecule has 1 aromatic carbocycles. The average Bonchev–Trinajstić information content (AvgIpc) is 2.41. The van der Waals surface area contributed by atoms with Gasteiger partial charge in [0.2, 0.25) is 0 Å². The number of halogens is 1. The van der Waals surface area contributed by atoms with E-state index >= 15 is 0 Å². The summed E-state index contributed by atoms with van der Waals surface area (Å²) in [6.07, 6.45) is 3.53. The van der Waals surface area contributed by atoms with E-state index in [9.17, 15) is 5.11 Å². The molecule has 0 unspecified atom stereocenters. The molecule has 0 aliphatic carbocycles. The second kappa shape index (κ2) is 5.98. The Labute approximate surface area is 115 Å². The number of aliphatic hydroxyl groups is 1. The lowest BCUT2D eigenvalue weighted by Crippen LogP contribution is -2.27. The summed E-state index contributed by atoms with van der Waals surface area (Å²) in [6.45, 7) is 0.0625. The number of rotatable bonds is 4. The van der Waals surface area contributed by atoms with Crippen molar-refractivity contribution in [2.75, 3.05) is 18.6 Å². The van der Waals surface area contributed by atoms with Crippen LogP contribution in [0.15, 0.2) is 53.3 Å². The molecule has 0 fully saturated rings. The van der Waals surface area contributed by atoms with Gasteiger partial charge in [-0.25, -0.2) is 0 Å². The van der Waals surface area contributed by atoms with E-state index in [4.69, 9.17) is 0 Å². The van der Waals surface area contributed by atoms with Crippen molar-refractivity contribution in [1.29, 1.82) is 0 Å². The van der Waals surface area contributed by atoms with Crippen molar-refractivity contribution in [1.82, 2.24) is 4.98 Å². The van der Waals surface area contributed by atoms with Crippen LogP contribution in [0.2, 0.25) is 0 Å². The van der Waals surface area contributed by atoms with Crippen LogP contribution in [0, 0.1) is 0 Å². The summed E-state index contributed by atoms with van der Waals surface area (Å²) in [5.74, 6) is 0. The van der Waals surface area contributed by atoms with Gasteiger partial charge in [0.15, 0.2) is 0 Å². The number of aromatic nitrogens is 1. The molecule has 18 heavy (non-hydrogen) atoms. The largest absolute Gasteiger partial charge is 0.394 e. The Bertz CT molecular complexity index is 504. The lowest BCUT2D eigenvalue weighted by atomic mass is 10.1. The molecule has 0 aliphatic rings. The predicted octanol–water partition coefficient (Wildman–Crippen LogP) is 3.01. The smallest absolute Gasteiger partial charge is 0.0770 e. The molecule has 1 heterocycles. The van der Waals surface area contributed by atoms with Gasteiger partial charge in [0, 0.05) is 17.7 Å². The normalized spacial score (nSPS) is 12.2. The van der Waals surface area contributed by atoms with Gasteiger partial charge in [-0.1, -0.05) is 30.3 Å². The molecular formula is C14H15BrN2O. The van der Waals surface area contributed by atoms with Crippen molar-refractivity contribution in [3.63, 3.8) is 0 Å². The van der Waals surface area contributed by atoms with Gasteiger partial charge < -0.3 is 10.0 Å². The quantitative estimate of drug-likeness (QED) is 0.943. The summed E-state index contributed by atoms with van der Waals surface area (Å²) in [4.78, 5) is 6.17. The highest BCUT2D eigenvalue weighted by Gasteiger charge is 2.16. The van der Waals surface area contributed by atoms with E-state index in [0.717, 1.165) is 15.7 Å². The molecule has 0 aliphatic heterocycles. The number of aliphatic hydroxyl groups excluding tert-OH is 1. The number of pyridine rings is 1. The Morgan fingerprint density at radius 2 is 2.00 bits per heavy atom. The number of hydrogen-bond acceptors (Lipinski definition) is 3. The van der Waals surface area contributed by atoms with E-state index < -0.39 is 0 Å². The second-order valence-electron chi connectivity index (χ2n) is 4.08. The van der Waals surface area contributed by atoms with Crippen LogP contribution < -0.4 is 4.90 Å². The standard InChI is InChI=1S/C14H15BrN2O/c1-17(13-7-12(15)8-16-9-13)14(10-18)11-5-3-2-4-6-11/h2-9,14,18H,10H2,1H3/t14-/m0/s1. The Morgan fingerprint density at radius 3 is 2.61 bits per heavy atom. The third-order valence-electron chi connectivity index (χ3n) is 2.92. The maximum atomic E-state index is 9.61. The molecule has 0 radical (unpaired) electrons. The molecule has 0 saturated carbocycles. The van der Waals surface area contributed by atoms with E-state index in [0.29, 0.717) is 0 Å². The lowest BCUT2D eigenvalue weighted by Gasteiger charge is -2.28. The summed E-state index contributed by atoms with van der Waals surface area (Å²) in [5, 5.41) is 9.61. The van der Waals surface area contributed by atoms with Crippen LogP contribution >= 0.6 is 15.9 Å². The first-order valence-corrected chi connectivity index (χ1v) is 6.51.